The molecule has 0 aliphatic heterocycles. The Balaban J connectivity index is 2.09. The average Bonchev–Trinajstić information content (AvgIpc) is 3.07. The van der Waals surface area contributed by atoms with Gasteiger partial charge in [0, 0.05) is 11.3 Å². The molecule has 1 fully saturated rings. The molecular weight excluding hydrogens is 246 g/mol. The second-order valence-electron chi connectivity index (χ2n) is 3.79. The fraction of sp³-hybridized carbons (Fsp3) is 0.500. The van der Waals surface area contributed by atoms with Gasteiger partial charge in [-0.05, 0) is 19.1 Å². The molecule has 1 N–H and O–H groups in total. The maximum absolute atomic E-state index is 10.8. The number of aldehydes is 1. The van der Waals surface area contributed by atoms with Gasteiger partial charge >= 0.3 is 0 Å². The summed E-state index contributed by atoms with van der Waals surface area (Å²) >= 11 is 7.65. The fourth-order valence-corrected chi connectivity index (χ4v) is 2.36. The number of rotatable bonds is 5. The highest BCUT2D eigenvalue weighted by Crippen LogP contribution is 2.47. The molecule has 1 aliphatic carbocycles. The molecule has 6 heteroatoms. The van der Waals surface area contributed by atoms with Gasteiger partial charge in [-0.15, -0.1) is 0 Å². The first kappa shape index (κ1) is 11.7. The molecule has 0 radical (unpaired) electrons. The number of anilines is 1. The Morgan fingerprint density at radius 3 is 2.94 bits per heavy atom. The van der Waals surface area contributed by atoms with Crippen molar-refractivity contribution in [3.63, 3.8) is 0 Å². The van der Waals surface area contributed by atoms with Crippen molar-refractivity contribution in [3.05, 3.63) is 17.0 Å². The van der Waals surface area contributed by atoms with Crippen LogP contribution in [0.2, 0.25) is 5.15 Å². The number of hydrogen-bond acceptors (Lipinski definition) is 5. The van der Waals surface area contributed by atoms with Gasteiger partial charge in [-0.25, -0.2) is 9.97 Å². The molecule has 1 aliphatic rings. The molecule has 1 aromatic heterocycles. The monoisotopic (exact) mass is 257 g/mol. The number of hydrogen-bond donors (Lipinski definition) is 1. The predicted molar refractivity (Wildman–Crippen MR) is 66.4 cm³/mol. The lowest BCUT2D eigenvalue weighted by molar-refractivity contribution is 0.112. The first-order chi connectivity index (χ1) is 7.71. The standard InChI is InChI=1S/C10H12ClN3OS/c1-16-10(2-3-10)5-12-9-7(4-15)8(11)13-6-14-9/h4,6H,2-3,5H2,1H3,(H,12,13,14). The topological polar surface area (TPSA) is 54.9 Å². The Labute approximate surface area is 103 Å². The van der Waals surface area contributed by atoms with Crippen LogP contribution in [0.5, 0.6) is 0 Å². The predicted octanol–water partition coefficient (Wildman–Crippen LogP) is 2.25. The van der Waals surface area contributed by atoms with E-state index in [0.29, 0.717) is 22.4 Å². The van der Waals surface area contributed by atoms with E-state index in [9.17, 15) is 4.79 Å². The van der Waals surface area contributed by atoms with E-state index in [-0.39, 0.29) is 5.15 Å². The molecule has 1 saturated carbocycles. The minimum absolute atomic E-state index is 0.196. The summed E-state index contributed by atoms with van der Waals surface area (Å²) in [5.74, 6) is 0.523. The van der Waals surface area contributed by atoms with Crippen molar-refractivity contribution in [1.29, 1.82) is 0 Å². The minimum Gasteiger partial charge on any atom is -0.368 e. The van der Waals surface area contributed by atoms with Crippen LogP contribution >= 0.6 is 23.4 Å². The molecule has 0 spiro atoms. The van der Waals surface area contributed by atoms with Crippen molar-refractivity contribution < 1.29 is 4.79 Å². The van der Waals surface area contributed by atoms with Gasteiger partial charge in [-0.3, -0.25) is 4.79 Å². The Morgan fingerprint density at radius 1 is 1.62 bits per heavy atom. The molecule has 4 nitrogen and oxygen atoms in total. The molecule has 1 heterocycles. The zero-order valence-electron chi connectivity index (χ0n) is 8.86. The van der Waals surface area contributed by atoms with Crippen LogP contribution in [0.1, 0.15) is 23.2 Å². The van der Waals surface area contributed by atoms with Gasteiger partial charge in [0.05, 0.1) is 5.56 Å². The molecule has 0 saturated heterocycles. The summed E-state index contributed by atoms with van der Waals surface area (Å²) in [5, 5.41) is 3.37. The number of aromatic nitrogens is 2. The summed E-state index contributed by atoms with van der Waals surface area (Å²) in [6.45, 7) is 0.808. The van der Waals surface area contributed by atoms with Gasteiger partial charge in [0.2, 0.25) is 0 Å². The Hall–Kier alpha value is -0.810. The van der Waals surface area contributed by atoms with Gasteiger partial charge in [0.15, 0.2) is 6.29 Å². The van der Waals surface area contributed by atoms with E-state index < -0.39 is 0 Å². The molecule has 86 valence electrons. The summed E-state index contributed by atoms with van der Waals surface area (Å²) < 4.78 is 0.317. The SMILES string of the molecule is CSC1(CNc2ncnc(Cl)c2C=O)CC1. The number of nitrogens with zero attached hydrogens (tertiary/aromatic N) is 2. The van der Waals surface area contributed by atoms with E-state index in [1.54, 1.807) is 0 Å². The average molecular weight is 258 g/mol. The maximum atomic E-state index is 10.8. The quantitative estimate of drug-likeness (QED) is 0.648. The van der Waals surface area contributed by atoms with Gasteiger partial charge in [-0.1, -0.05) is 11.6 Å². The fourth-order valence-electron chi connectivity index (χ4n) is 1.46. The lowest BCUT2D eigenvalue weighted by Gasteiger charge is -2.14. The first-order valence-corrected chi connectivity index (χ1v) is 6.56. The van der Waals surface area contributed by atoms with E-state index in [4.69, 9.17) is 11.6 Å². The highest BCUT2D eigenvalue weighted by atomic mass is 35.5. The van der Waals surface area contributed by atoms with Crippen LogP contribution in [-0.2, 0) is 0 Å². The van der Waals surface area contributed by atoms with E-state index in [1.165, 1.54) is 19.2 Å². The summed E-state index contributed by atoms with van der Waals surface area (Å²) in [6, 6.07) is 0. The number of carbonyl (C=O) groups excluding carboxylic acids is 1. The third kappa shape index (κ3) is 2.30. The van der Waals surface area contributed by atoms with Gasteiger partial charge < -0.3 is 5.32 Å². The molecule has 1 aromatic rings. The third-order valence-electron chi connectivity index (χ3n) is 2.77. The largest absolute Gasteiger partial charge is 0.368 e. The van der Waals surface area contributed by atoms with Crippen LogP contribution in [0.4, 0.5) is 5.82 Å². The maximum Gasteiger partial charge on any atom is 0.156 e. The summed E-state index contributed by atoms with van der Waals surface area (Å²) in [6.07, 6.45) is 6.55. The van der Waals surface area contributed by atoms with E-state index in [2.05, 4.69) is 21.5 Å². The minimum atomic E-state index is 0.196. The first-order valence-electron chi connectivity index (χ1n) is 4.95. The normalized spacial score (nSPS) is 16.9. The second kappa shape index (κ2) is 4.59. The lowest BCUT2D eigenvalue weighted by Crippen LogP contribution is -2.19. The molecular formula is C10H12ClN3OS. The highest BCUT2D eigenvalue weighted by molar-refractivity contribution is 8.00. The van der Waals surface area contributed by atoms with Crippen molar-refractivity contribution >= 4 is 35.5 Å². The molecule has 16 heavy (non-hydrogen) atoms. The smallest absolute Gasteiger partial charge is 0.156 e. The van der Waals surface area contributed by atoms with Gasteiger partial charge in [0.1, 0.15) is 17.3 Å². The summed E-state index contributed by atoms with van der Waals surface area (Å²) in [5.41, 5.74) is 0.334. The van der Waals surface area contributed by atoms with Gasteiger partial charge in [0.25, 0.3) is 0 Å². The lowest BCUT2D eigenvalue weighted by atomic mass is 10.3. The molecule has 0 atom stereocenters. The number of thioether (sulfide) groups is 1. The molecule has 2 rings (SSSR count). The van der Waals surface area contributed by atoms with Crippen LogP contribution in [0, 0.1) is 0 Å². The van der Waals surface area contributed by atoms with Crippen molar-refractivity contribution in [2.75, 3.05) is 18.1 Å². The van der Waals surface area contributed by atoms with Crippen molar-refractivity contribution in [2.24, 2.45) is 0 Å². The number of halogens is 1. The van der Waals surface area contributed by atoms with E-state index in [0.717, 1.165) is 6.54 Å². The van der Waals surface area contributed by atoms with E-state index >= 15 is 0 Å². The summed E-state index contributed by atoms with van der Waals surface area (Å²) in [7, 11) is 0. The van der Waals surface area contributed by atoms with Crippen molar-refractivity contribution in [1.82, 2.24) is 9.97 Å². The zero-order valence-corrected chi connectivity index (χ0v) is 10.4. The van der Waals surface area contributed by atoms with Crippen LogP contribution < -0.4 is 5.32 Å². The van der Waals surface area contributed by atoms with Crippen LogP contribution in [0.15, 0.2) is 6.33 Å². The third-order valence-corrected chi connectivity index (χ3v) is 4.49. The Bertz CT molecular complexity index is 409. The Morgan fingerprint density at radius 2 is 2.38 bits per heavy atom. The van der Waals surface area contributed by atoms with Crippen LogP contribution in [0.3, 0.4) is 0 Å². The second-order valence-corrected chi connectivity index (χ2v) is 5.42. The number of carbonyl (C=O) groups is 1. The zero-order chi connectivity index (χ0) is 11.6. The van der Waals surface area contributed by atoms with Crippen LogP contribution in [0.25, 0.3) is 0 Å². The van der Waals surface area contributed by atoms with Crippen molar-refractivity contribution in [2.45, 2.75) is 17.6 Å². The van der Waals surface area contributed by atoms with E-state index in [1.807, 2.05) is 11.8 Å². The molecule has 0 unspecified atom stereocenters. The molecule has 0 bridgehead atoms. The highest BCUT2D eigenvalue weighted by Gasteiger charge is 2.41. The van der Waals surface area contributed by atoms with Crippen LogP contribution in [-0.4, -0.2) is 33.8 Å². The Kier molecular flexibility index (Phi) is 3.35. The molecule has 0 amide bonds. The number of nitrogens with one attached hydrogen (secondary N) is 1. The molecule has 0 aromatic carbocycles. The summed E-state index contributed by atoms with van der Waals surface area (Å²) in [4.78, 5) is 18.6. The van der Waals surface area contributed by atoms with Crippen molar-refractivity contribution in [3.8, 4) is 0 Å². The van der Waals surface area contributed by atoms with Gasteiger partial charge in [-0.2, -0.15) is 11.8 Å².